The summed E-state index contributed by atoms with van der Waals surface area (Å²) in [6.07, 6.45) is 0. The van der Waals surface area contributed by atoms with E-state index < -0.39 is 17.2 Å². The van der Waals surface area contributed by atoms with Crippen molar-refractivity contribution in [3.63, 3.8) is 0 Å². The number of aromatic amines is 1. The minimum Gasteiger partial charge on any atom is -0.267 e. The number of fused-ring (bicyclic) bond motifs is 3. The van der Waals surface area contributed by atoms with Crippen molar-refractivity contribution in [2.24, 2.45) is 0 Å². The third-order valence-electron chi connectivity index (χ3n) is 3.45. The Hall–Kier alpha value is -3.09. The van der Waals surface area contributed by atoms with Gasteiger partial charge in [0, 0.05) is 5.56 Å². The van der Waals surface area contributed by atoms with E-state index in [4.69, 9.17) is 0 Å². The quantitative estimate of drug-likeness (QED) is 0.587. The summed E-state index contributed by atoms with van der Waals surface area (Å²) in [5, 5.41) is 6.85. The summed E-state index contributed by atoms with van der Waals surface area (Å²) in [7, 11) is 0. The van der Waals surface area contributed by atoms with Gasteiger partial charge in [-0.15, -0.1) is 0 Å². The van der Waals surface area contributed by atoms with Crippen molar-refractivity contribution in [1.82, 2.24) is 19.8 Å². The number of H-pyrrole nitrogens is 1. The van der Waals surface area contributed by atoms with E-state index in [0.29, 0.717) is 5.52 Å². The fraction of sp³-hybridized carbons (Fsp3) is 0. The van der Waals surface area contributed by atoms with Crippen LogP contribution in [0.5, 0.6) is 0 Å². The molecule has 0 atom stereocenters. The van der Waals surface area contributed by atoms with Crippen LogP contribution >= 0.6 is 0 Å². The molecule has 2 aromatic carbocycles. The molecule has 0 saturated carbocycles. The normalized spacial score (nSPS) is 11.4. The maximum absolute atomic E-state index is 13.9. The number of hydrogen-bond acceptors (Lipinski definition) is 3. The first-order chi connectivity index (χ1) is 10.6. The zero-order chi connectivity index (χ0) is 15.3. The molecular formula is C15H8F2N4O. The molecule has 5 nitrogen and oxygen atoms in total. The van der Waals surface area contributed by atoms with Crippen LogP contribution in [-0.4, -0.2) is 19.8 Å². The highest BCUT2D eigenvalue weighted by Gasteiger charge is 2.16. The van der Waals surface area contributed by atoms with Crippen LogP contribution in [0.2, 0.25) is 0 Å². The van der Waals surface area contributed by atoms with E-state index in [0.717, 1.165) is 6.07 Å². The highest BCUT2D eigenvalue weighted by molar-refractivity contribution is 5.84. The first-order valence-corrected chi connectivity index (χ1v) is 6.46. The fourth-order valence-electron chi connectivity index (χ4n) is 2.44. The molecular weight excluding hydrogens is 290 g/mol. The van der Waals surface area contributed by atoms with Gasteiger partial charge in [0.15, 0.2) is 5.65 Å². The van der Waals surface area contributed by atoms with Gasteiger partial charge in [0.2, 0.25) is 0 Å². The Morgan fingerprint density at radius 2 is 1.91 bits per heavy atom. The van der Waals surface area contributed by atoms with Gasteiger partial charge in [-0.25, -0.2) is 18.5 Å². The van der Waals surface area contributed by atoms with Crippen LogP contribution in [0, 0.1) is 11.6 Å². The second-order valence-electron chi connectivity index (χ2n) is 4.78. The average molecular weight is 298 g/mol. The zero-order valence-corrected chi connectivity index (χ0v) is 11.0. The molecule has 1 N–H and O–H groups in total. The third-order valence-corrected chi connectivity index (χ3v) is 3.45. The van der Waals surface area contributed by atoms with Gasteiger partial charge < -0.3 is 0 Å². The topological polar surface area (TPSA) is 63.0 Å². The van der Waals surface area contributed by atoms with Crippen LogP contribution < -0.4 is 5.56 Å². The monoisotopic (exact) mass is 298 g/mol. The van der Waals surface area contributed by atoms with Gasteiger partial charge in [-0.1, -0.05) is 12.1 Å². The van der Waals surface area contributed by atoms with Gasteiger partial charge in [-0.05, 0) is 30.3 Å². The summed E-state index contributed by atoms with van der Waals surface area (Å²) in [6, 6.07) is 9.87. The van der Waals surface area contributed by atoms with Gasteiger partial charge in [0.05, 0.1) is 10.9 Å². The van der Waals surface area contributed by atoms with Crippen LogP contribution in [0.15, 0.2) is 47.3 Å². The molecule has 4 aromatic rings. The summed E-state index contributed by atoms with van der Waals surface area (Å²) >= 11 is 0. The summed E-state index contributed by atoms with van der Waals surface area (Å²) in [5.41, 5.74) is 0.477. The standard InChI is InChI=1S/C15H8F2N4O/c16-8-5-6-12-10(7-8)15(22)18-14-13(19-20-21(12)14)9-3-1-2-4-11(9)17/h1-7,20H. The molecule has 0 radical (unpaired) electrons. The Morgan fingerprint density at radius 3 is 2.73 bits per heavy atom. The Kier molecular flexibility index (Phi) is 2.56. The second-order valence-corrected chi connectivity index (χ2v) is 4.78. The van der Waals surface area contributed by atoms with Crippen LogP contribution in [0.25, 0.3) is 27.8 Å². The molecule has 0 spiro atoms. The van der Waals surface area contributed by atoms with Crippen LogP contribution in [0.3, 0.4) is 0 Å². The van der Waals surface area contributed by atoms with Crippen molar-refractivity contribution in [2.45, 2.75) is 0 Å². The Morgan fingerprint density at radius 1 is 1.09 bits per heavy atom. The summed E-state index contributed by atoms with van der Waals surface area (Å²) < 4.78 is 28.6. The first kappa shape index (κ1) is 12.6. The predicted octanol–water partition coefficient (Wildman–Crippen LogP) is 2.52. The van der Waals surface area contributed by atoms with Crippen LogP contribution in [0.4, 0.5) is 8.78 Å². The Labute approximate surface area is 121 Å². The largest absolute Gasteiger partial charge is 0.281 e. The van der Waals surface area contributed by atoms with E-state index in [1.165, 1.54) is 22.7 Å². The van der Waals surface area contributed by atoms with Crippen molar-refractivity contribution in [1.29, 1.82) is 0 Å². The van der Waals surface area contributed by atoms with Gasteiger partial charge in [0.1, 0.15) is 17.3 Å². The van der Waals surface area contributed by atoms with Crippen molar-refractivity contribution in [3.05, 3.63) is 64.5 Å². The van der Waals surface area contributed by atoms with Gasteiger partial charge >= 0.3 is 0 Å². The Balaban J connectivity index is 2.13. The number of benzene rings is 2. The van der Waals surface area contributed by atoms with E-state index in [1.807, 2.05) is 0 Å². The number of nitrogens with one attached hydrogen (secondary N) is 1. The molecule has 0 saturated heterocycles. The van der Waals surface area contributed by atoms with Crippen LogP contribution in [-0.2, 0) is 0 Å². The van der Waals surface area contributed by atoms with E-state index in [2.05, 4.69) is 15.3 Å². The molecule has 108 valence electrons. The molecule has 22 heavy (non-hydrogen) atoms. The maximum atomic E-state index is 13.9. The van der Waals surface area contributed by atoms with Crippen molar-refractivity contribution in [3.8, 4) is 11.3 Å². The number of hydrogen-bond donors (Lipinski definition) is 1. The summed E-state index contributed by atoms with van der Waals surface area (Å²) in [4.78, 5) is 16.0. The SMILES string of the molecule is O=c1nc2c(-c3ccccc3F)n[nH]n2c2ccc(F)cc12. The predicted molar refractivity (Wildman–Crippen MR) is 76.5 cm³/mol. The molecule has 4 rings (SSSR count). The van der Waals surface area contributed by atoms with Crippen molar-refractivity contribution in [2.75, 3.05) is 0 Å². The first-order valence-electron chi connectivity index (χ1n) is 6.46. The molecule has 0 unspecified atom stereocenters. The lowest BCUT2D eigenvalue weighted by atomic mass is 10.1. The third kappa shape index (κ3) is 1.72. The molecule has 0 aliphatic carbocycles. The van der Waals surface area contributed by atoms with Gasteiger partial charge in [0.25, 0.3) is 5.56 Å². The van der Waals surface area contributed by atoms with E-state index in [-0.39, 0.29) is 22.3 Å². The molecule has 0 amide bonds. The zero-order valence-electron chi connectivity index (χ0n) is 11.0. The Bertz CT molecular complexity index is 1080. The van der Waals surface area contributed by atoms with E-state index in [9.17, 15) is 13.6 Å². The van der Waals surface area contributed by atoms with Crippen molar-refractivity contribution >= 4 is 16.6 Å². The lowest BCUT2D eigenvalue weighted by Gasteiger charge is -2.01. The molecule has 0 aliphatic rings. The lowest BCUT2D eigenvalue weighted by Crippen LogP contribution is -2.10. The number of halogens is 2. The fourth-order valence-corrected chi connectivity index (χ4v) is 2.44. The average Bonchev–Trinajstić information content (AvgIpc) is 2.91. The van der Waals surface area contributed by atoms with Gasteiger partial charge in [-0.3, -0.25) is 4.79 Å². The summed E-state index contributed by atoms with van der Waals surface area (Å²) in [5.74, 6) is -0.995. The number of rotatable bonds is 1. The molecule has 2 aromatic heterocycles. The molecule has 7 heteroatoms. The molecule has 0 aliphatic heterocycles. The minimum absolute atomic E-state index is 0.126. The molecule has 2 heterocycles. The van der Waals surface area contributed by atoms with E-state index >= 15 is 0 Å². The summed E-state index contributed by atoms with van der Waals surface area (Å²) in [6.45, 7) is 0. The maximum Gasteiger partial charge on any atom is 0.281 e. The minimum atomic E-state index is -0.589. The van der Waals surface area contributed by atoms with Crippen molar-refractivity contribution < 1.29 is 8.78 Å². The highest BCUT2D eigenvalue weighted by Crippen LogP contribution is 2.24. The smallest absolute Gasteiger partial charge is 0.267 e. The second kappa shape index (κ2) is 4.45. The number of aromatic nitrogens is 4. The van der Waals surface area contributed by atoms with E-state index in [1.54, 1.807) is 18.2 Å². The number of nitrogens with zero attached hydrogens (tertiary/aromatic N) is 3. The van der Waals surface area contributed by atoms with Gasteiger partial charge in [-0.2, -0.15) is 10.1 Å². The highest BCUT2D eigenvalue weighted by atomic mass is 19.1. The lowest BCUT2D eigenvalue weighted by molar-refractivity contribution is 0.629. The van der Waals surface area contributed by atoms with Crippen LogP contribution in [0.1, 0.15) is 0 Å². The molecule has 0 fully saturated rings. The molecule has 0 bridgehead atoms.